The molecule has 1 aromatic carbocycles. The Morgan fingerprint density at radius 1 is 1.21 bits per heavy atom. The Morgan fingerprint density at radius 3 is 2.64 bits per heavy atom. The third kappa shape index (κ3) is 2.07. The number of aryl methyl sites for hydroxylation is 1. The second-order valence-electron chi connectivity index (χ2n) is 3.15. The molecule has 0 unspecified atom stereocenters. The van der Waals surface area contributed by atoms with Gasteiger partial charge in [0.2, 0.25) is 0 Å². The Balaban J connectivity index is 2.21. The monoisotopic (exact) mass is 185 g/mol. The Morgan fingerprint density at radius 2 is 2.00 bits per heavy atom. The summed E-state index contributed by atoms with van der Waals surface area (Å²) in [4.78, 5) is 0. The summed E-state index contributed by atoms with van der Waals surface area (Å²) in [6.45, 7) is 2.07. The molecule has 14 heavy (non-hydrogen) atoms. The van der Waals surface area contributed by atoms with Gasteiger partial charge in [-0.1, -0.05) is 35.1 Å². The van der Waals surface area contributed by atoms with E-state index in [1.807, 2.05) is 12.2 Å². The fraction of sp³-hybridized carbons (Fsp3) is 0.0909. The molecule has 0 spiro atoms. The molecule has 0 saturated heterocycles. The number of hydrogen-bond acceptors (Lipinski definition) is 3. The predicted octanol–water partition coefficient (Wildman–Crippen LogP) is 2.82. The first-order valence-corrected chi connectivity index (χ1v) is 4.45. The largest absolute Gasteiger partial charge is 0.260 e. The van der Waals surface area contributed by atoms with Crippen LogP contribution in [0.2, 0.25) is 0 Å². The number of hydrogen-bond donors (Lipinski definition) is 1. The van der Waals surface area contributed by atoms with Crippen molar-refractivity contribution in [2.75, 3.05) is 0 Å². The van der Waals surface area contributed by atoms with E-state index in [-0.39, 0.29) is 0 Å². The van der Waals surface area contributed by atoms with E-state index in [2.05, 4.69) is 47.0 Å². The van der Waals surface area contributed by atoms with Gasteiger partial charge in [-0.25, -0.2) is 0 Å². The predicted molar refractivity (Wildman–Crippen MR) is 56.3 cm³/mol. The van der Waals surface area contributed by atoms with E-state index in [1.54, 1.807) is 6.20 Å². The Kier molecular flexibility index (Phi) is 2.40. The molecule has 1 N–H and O–H groups in total. The SMILES string of the molecule is Cc1ccc(C=C2C=CN=NN2)cc1. The molecule has 1 aromatic rings. The van der Waals surface area contributed by atoms with Crippen LogP contribution in [0.5, 0.6) is 0 Å². The first-order valence-electron chi connectivity index (χ1n) is 4.45. The van der Waals surface area contributed by atoms with Crippen LogP contribution < -0.4 is 5.43 Å². The van der Waals surface area contributed by atoms with Crippen molar-refractivity contribution in [3.63, 3.8) is 0 Å². The molecule has 0 fully saturated rings. The molecule has 1 heterocycles. The van der Waals surface area contributed by atoms with E-state index in [4.69, 9.17) is 0 Å². The second-order valence-corrected chi connectivity index (χ2v) is 3.15. The maximum absolute atomic E-state index is 3.69. The molecule has 0 aliphatic carbocycles. The number of allylic oxidation sites excluding steroid dienone is 1. The van der Waals surface area contributed by atoms with Crippen molar-refractivity contribution in [2.24, 2.45) is 10.3 Å². The third-order valence-corrected chi connectivity index (χ3v) is 1.96. The Bertz CT molecular complexity index is 399. The molecule has 0 saturated carbocycles. The van der Waals surface area contributed by atoms with Gasteiger partial charge in [-0.05, 0) is 24.6 Å². The fourth-order valence-electron chi connectivity index (χ4n) is 1.19. The molecule has 1 aliphatic rings. The second kappa shape index (κ2) is 3.87. The molecule has 70 valence electrons. The summed E-state index contributed by atoms with van der Waals surface area (Å²) < 4.78 is 0. The van der Waals surface area contributed by atoms with Crippen LogP contribution in [0.1, 0.15) is 11.1 Å². The van der Waals surface area contributed by atoms with Crippen molar-refractivity contribution in [1.82, 2.24) is 5.43 Å². The molecule has 1 aliphatic heterocycles. The molecule has 0 bridgehead atoms. The number of benzene rings is 1. The first-order chi connectivity index (χ1) is 6.84. The van der Waals surface area contributed by atoms with E-state index in [9.17, 15) is 0 Å². The van der Waals surface area contributed by atoms with Crippen LogP contribution in [0.15, 0.2) is 52.6 Å². The minimum Gasteiger partial charge on any atom is -0.260 e. The smallest absolute Gasteiger partial charge is 0.0600 e. The molecule has 3 nitrogen and oxygen atoms in total. The highest BCUT2D eigenvalue weighted by molar-refractivity contribution is 5.55. The lowest BCUT2D eigenvalue weighted by atomic mass is 10.1. The van der Waals surface area contributed by atoms with Gasteiger partial charge in [0, 0.05) is 0 Å². The summed E-state index contributed by atoms with van der Waals surface area (Å²) in [6, 6.07) is 8.31. The van der Waals surface area contributed by atoms with Crippen molar-refractivity contribution in [3.05, 3.63) is 53.4 Å². The van der Waals surface area contributed by atoms with Crippen LogP contribution >= 0.6 is 0 Å². The van der Waals surface area contributed by atoms with Crippen LogP contribution in [0.3, 0.4) is 0 Å². The molecule has 0 atom stereocenters. The zero-order valence-electron chi connectivity index (χ0n) is 7.94. The highest BCUT2D eigenvalue weighted by Gasteiger charge is 1.94. The number of nitrogens with zero attached hydrogens (tertiary/aromatic N) is 2. The van der Waals surface area contributed by atoms with Crippen molar-refractivity contribution in [2.45, 2.75) is 6.92 Å². The molecule has 0 aromatic heterocycles. The fourth-order valence-corrected chi connectivity index (χ4v) is 1.19. The number of rotatable bonds is 1. The lowest BCUT2D eigenvalue weighted by Crippen LogP contribution is -2.03. The minimum atomic E-state index is 0.948. The minimum absolute atomic E-state index is 0.948. The van der Waals surface area contributed by atoms with Gasteiger partial charge >= 0.3 is 0 Å². The molecule has 0 amide bonds. The van der Waals surface area contributed by atoms with E-state index >= 15 is 0 Å². The molecular formula is C11H11N3. The van der Waals surface area contributed by atoms with E-state index < -0.39 is 0 Å². The van der Waals surface area contributed by atoms with Crippen molar-refractivity contribution in [3.8, 4) is 0 Å². The lowest BCUT2D eigenvalue weighted by molar-refractivity contribution is 0.818. The van der Waals surface area contributed by atoms with E-state index in [1.165, 1.54) is 5.56 Å². The number of nitrogens with one attached hydrogen (secondary N) is 1. The maximum Gasteiger partial charge on any atom is 0.0600 e. The Labute approximate surface area is 82.8 Å². The van der Waals surface area contributed by atoms with Crippen molar-refractivity contribution in [1.29, 1.82) is 0 Å². The zero-order valence-corrected chi connectivity index (χ0v) is 7.94. The van der Waals surface area contributed by atoms with Gasteiger partial charge in [0.15, 0.2) is 0 Å². The first kappa shape index (κ1) is 8.69. The molecule has 0 radical (unpaired) electrons. The van der Waals surface area contributed by atoms with Gasteiger partial charge in [0.1, 0.15) is 0 Å². The summed E-state index contributed by atoms with van der Waals surface area (Å²) in [5.41, 5.74) is 6.18. The van der Waals surface area contributed by atoms with Crippen molar-refractivity contribution >= 4 is 6.08 Å². The van der Waals surface area contributed by atoms with Gasteiger partial charge in [-0.15, -0.1) is 5.11 Å². The quantitative estimate of drug-likeness (QED) is 0.717. The average molecular weight is 185 g/mol. The van der Waals surface area contributed by atoms with Gasteiger partial charge in [0.25, 0.3) is 0 Å². The topological polar surface area (TPSA) is 36.8 Å². The van der Waals surface area contributed by atoms with E-state index in [0.29, 0.717) is 0 Å². The highest BCUT2D eigenvalue weighted by Crippen LogP contribution is 2.09. The van der Waals surface area contributed by atoms with Crippen LogP contribution in [0, 0.1) is 6.92 Å². The van der Waals surface area contributed by atoms with Gasteiger partial charge < -0.3 is 0 Å². The Hall–Kier alpha value is -1.90. The normalized spacial score (nSPS) is 17.1. The molecule has 2 rings (SSSR count). The maximum atomic E-state index is 3.69. The van der Waals surface area contributed by atoms with Crippen LogP contribution in [-0.2, 0) is 0 Å². The zero-order chi connectivity index (χ0) is 9.80. The summed E-state index contributed by atoms with van der Waals surface area (Å²) >= 11 is 0. The van der Waals surface area contributed by atoms with E-state index in [0.717, 1.165) is 11.3 Å². The van der Waals surface area contributed by atoms with Gasteiger partial charge in [-0.3, -0.25) is 5.43 Å². The summed E-state index contributed by atoms with van der Waals surface area (Å²) in [7, 11) is 0. The average Bonchev–Trinajstić information content (AvgIpc) is 2.23. The lowest BCUT2D eigenvalue weighted by Gasteiger charge is -2.03. The summed E-state index contributed by atoms with van der Waals surface area (Å²) in [6.07, 6.45) is 5.57. The highest BCUT2D eigenvalue weighted by atomic mass is 15.4. The summed E-state index contributed by atoms with van der Waals surface area (Å²) in [5.74, 6) is 0. The molecular weight excluding hydrogens is 174 g/mol. The summed E-state index contributed by atoms with van der Waals surface area (Å²) in [5, 5.41) is 7.37. The molecule has 3 heteroatoms. The van der Waals surface area contributed by atoms with Gasteiger partial charge in [0.05, 0.1) is 11.9 Å². The third-order valence-electron chi connectivity index (χ3n) is 1.96. The standard InChI is InChI=1S/C11H11N3/c1-9-2-4-10(5-3-9)8-11-6-7-12-14-13-11/h2-8H,1H3,(H,12,13). The van der Waals surface area contributed by atoms with Gasteiger partial charge in [-0.2, -0.15) is 0 Å². The van der Waals surface area contributed by atoms with Crippen molar-refractivity contribution < 1.29 is 0 Å². The van der Waals surface area contributed by atoms with Crippen LogP contribution in [-0.4, -0.2) is 0 Å². The van der Waals surface area contributed by atoms with Crippen LogP contribution in [0.4, 0.5) is 0 Å². The van der Waals surface area contributed by atoms with Crippen LogP contribution in [0.25, 0.3) is 6.08 Å².